The number of nitrogens with two attached hydrogens (primary N) is 1. The summed E-state index contributed by atoms with van der Waals surface area (Å²) in [4.78, 5) is 16.0. The SMILES string of the molecule is Nc1nc(CC(=O)Nc2ccc(OCc3ccccc3)cc2)cs1. The molecular formula is C18H17N3O2S. The van der Waals surface area contributed by atoms with Gasteiger partial charge in [-0.1, -0.05) is 30.3 Å². The van der Waals surface area contributed by atoms with Gasteiger partial charge in [-0.2, -0.15) is 0 Å². The smallest absolute Gasteiger partial charge is 0.230 e. The number of carbonyl (C=O) groups excluding carboxylic acids is 1. The molecule has 1 amide bonds. The van der Waals surface area contributed by atoms with Crippen LogP contribution in [0.2, 0.25) is 0 Å². The quantitative estimate of drug-likeness (QED) is 0.721. The zero-order valence-electron chi connectivity index (χ0n) is 12.9. The Morgan fingerprint density at radius 1 is 1.12 bits per heavy atom. The van der Waals surface area contributed by atoms with Gasteiger partial charge in [0.2, 0.25) is 5.91 Å². The first-order valence-electron chi connectivity index (χ1n) is 7.45. The minimum atomic E-state index is -0.127. The Morgan fingerprint density at radius 3 is 2.54 bits per heavy atom. The molecule has 0 fully saturated rings. The largest absolute Gasteiger partial charge is 0.489 e. The number of nitrogens with one attached hydrogen (secondary N) is 1. The second-order valence-corrected chi connectivity index (χ2v) is 6.09. The van der Waals surface area contributed by atoms with Crippen molar-refractivity contribution in [3.05, 3.63) is 71.2 Å². The van der Waals surface area contributed by atoms with Crippen molar-refractivity contribution < 1.29 is 9.53 Å². The van der Waals surface area contributed by atoms with Gasteiger partial charge in [0.05, 0.1) is 12.1 Å². The summed E-state index contributed by atoms with van der Waals surface area (Å²) in [7, 11) is 0. The Kier molecular flexibility index (Phi) is 5.08. The van der Waals surface area contributed by atoms with Gasteiger partial charge in [-0.3, -0.25) is 4.79 Å². The van der Waals surface area contributed by atoms with Crippen molar-refractivity contribution in [1.29, 1.82) is 0 Å². The highest BCUT2D eigenvalue weighted by molar-refractivity contribution is 7.13. The second kappa shape index (κ2) is 7.61. The molecule has 1 aromatic heterocycles. The number of carbonyl (C=O) groups is 1. The molecule has 5 nitrogen and oxygen atoms in total. The van der Waals surface area contributed by atoms with Crippen LogP contribution in [0.25, 0.3) is 0 Å². The summed E-state index contributed by atoms with van der Waals surface area (Å²) in [6.45, 7) is 0.512. The summed E-state index contributed by atoms with van der Waals surface area (Å²) in [6, 6.07) is 17.3. The molecule has 0 atom stereocenters. The zero-order chi connectivity index (χ0) is 16.8. The first-order chi connectivity index (χ1) is 11.7. The van der Waals surface area contributed by atoms with Gasteiger partial charge in [0.15, 0.2) is 5.13 Å². The van der Waals surface area contributed by atoms with Crippen LogP contribution in [-0.2, 0) is 17.8 Å². The number of amides is 1. The van der Waals surface area contributed by atoms with E-state index < -0.39 is 0 Å². The molecule has 24 heavy (non-hydrogen) atoms. The van der Waals surface area contributed by atoms with Gasteiger partial charge in [-0.15, -0.1) is 11.3 Å². The molecule has 0 unspecified atom stereocenters. The molecule has 6 heteroatoms. The summed E-state index contributed by atoms with van der Waals surface area (Å²) in [5.41, 5.74) is 8.06. The number of thiazole rings is 1. The number of hydrogen-bond donors (Lipinski definition) is 2. The van der Waals surface area contributed by atoms with Gasteiger partial charge in [0, 0.05) is 11.1 Å². The standard InChI is InChI=1S/C18H17N3O2S/c19-18-21-15(12-24-18)10-17(22)20-14-6-8-16(9-7-14)23-11-13-4-2-1-3-5-13/h1-9,12H,10-11H2,(H2,19,21)(H,20,22). The molecule has 0 aliphatic carbocycles. The van der Waals surface area contributed by atoms with Crippen LogP contribution in [-0.4, -0.2) is 10.9 Å². The molecule has 2 aromatic carbocycles. The van der Waals surface area contributed by atoms with Crippen molar-refractivity contribution in [2.45, 2.75) is 13.0 Å². The van der Waals surface area contributed by atoms with Gasteiger partial charge in [-0.25, -0.2) is 4.98 Å². The molecule has 0 radical (unpaired) electrons. The second-order valence-electron chi connectivity index (χ2n) is 5.20. The number of nitrogen functional groups attached to an aromatic ring is 1. The van der Waals surface area contributed by atoms with E-state index in [0.717, 1.165) is 17.0 Å². The molecule has 0 aliphatic heterocycles. The maximum atomic E-state index is 12.0. The molecular weight excluding hydrogens is 322 g/mol. The minimum Gasteiger partial charge on any atom is -0.489 e. The number of anilines is 2. The normalized spacial score (nSPS) is 10.3. The van der Waals surface area contributed by atoms with E-state index in [-0.39, 0.29) is 12.3 Å². The lowest BCUT2D eigenvalue weighted by Gasteiger charge is -2.08. The summed E-state index contributed by atoms with van der Waals surface area (Å²) >= 11 is 1.33. The van der Waals surface area contributed by atoms with E-state index in [1.54, 1.807) is 5.38 Å². The molecule has 0 aliphatic rings. The number of benzene rings is 2. The molecule has 0 bridgehead atoms. The Bertz CT molecular complexity index is 801. The van der Waals surface area contributed by atoms with Crippen molar-refractivity contribution in [1.82, 2.24) is 4.98 Å². The van der Waals surface area contributed by atoms with Gasteiger partial charge < -0.3 is 15.8 Å². The van der Waals surface area contributed by atoms with E-state index in [1.165, 1.54) is 11.3 Å². The molecule has 1 heterocycles. The average Bonchev–Trinajstić information content (AvgIpc) is 3.00. The van der Waals surface area contributed by atoms with Gasteiger partial charge in [-0.05, 0) is 29.8 Å². The zero-order valence-corrected chi connectivity index (χ0v) is 13.8. The maximum Gasteiger partial charge on any atom is 0.230 e. The van der Waals surface area contributed by atoms with Gasteiger partial charge in [0.1, 0.15) is 12.4 Å². The molecule has 0 saturated heterocycles. The first kappa shape index (κ1) is 16.0. The highest BCUT2D eigenvalue weighted by Gasteiger charge is 2.07. The van der Waals surface area contributed by atoms with Crippen molar-refractivity contribution in [2.75, 3.05) is 11.1 Å². The minimum absolute atomic E-state index is 0.127. The van der Waals surface area contributed by atoms with E-state index in [0.29, 0.717) is 17.4 Å². The van der Waals surface area contributed by atoms with Crippen LogP contribution in [0.1, 0.15) is 11.3 Å². The van der Waals surface area contributed by atoms with Crippen LogP contribution in [0.5, 0.6) is 5.75 Å². The topological polar surface area (TPSA) is 77.2 Å². The van der Waals surface area contributed by atoms with Crippen LogP contribution in [0.3, 0.4) is 0 Å². The third-order valence-electron chi connectivity index (χ3n) is 3.30. The highest BCUT2D eigenvalue weighted by Crippen LogP contribution is 2.18. The molecule has 0 spiro atoms. The van der Waals surface area contributed by atoms with Gasteiger partial charge in [0.25, 0.3) is 0 Å². The van der Waals surface area contributed by atoms with E-state index in [9.17, 15) is 4.79 Å². The summed E-state index contributed by atoms with van der Waals surface area (Å²) in [5.74, 6) is 0.627. The number of hydrogen-bond acceptors (Lipinski definition) is 5. The van der Waals surface area contributed by atoms with Crippen LogP contribution in [0, 0.1) is 0 Å². The predicted octanol–water partition coefficient (Wildman–Crippen LogP) is 3.49. The lowest BCUT2D eigenvalue weighted by Crippen LogP contribution is -2.14. The van der Waals surface area contributed by atoms with Crippen LogP contribution in [0.15, 0.2) is 60.0 Å². The number of aromatic nitrogens is 1. The monoisotopic (exact) mass is 339 g/mol. The first-order valence-corrected chi connectivity index (χ1v) is 8.33. The lowest BCUT2D eigenvalue weighted by atomic mass is 10.2. The average molecular weight is 339 g/mol. The van der Waals surface area contributed by atoms with Crippen molar-refractivity contribution in [3.63, 3.8) is 0 Å². The maximum absolute atomic E-state index is 12.0. The fourth-order valence-corrected chi connectivity index (χ4v) is 2.71. The Hall–Kier alpha value is -2.86. The number of ether oxygens (including phenoxy) is 1. The van der Waals surface area contributed by atoms with Gasteiger partial charge >= 0.3 is 0 Å². The third-order valence-corrected chi connectivity index (χ3v) is 4.02. The molecule has 122 valence electrons. The highest BCUT2D eigenvalue weighted by atomic mass is 32.1. The number of nitrogens with zero attached hydrogens (tertiary/aromatic N) is 1. The van der Waals surface area contributed by atoms with Crippen molar-refractivity contribution >= 4 is 28.1 Å². The predicted molar refractivity (Wildman–Crippen MR) is 96.1 cm³/mol. The summed E-state index contributed by atoms with van der Waals surface area (Å²) < 4.78 is 5.72. The summed E-state index contributed by atoms with van der Waals surface area (Å²) in [5, 5.41) is 5.09. The Labute approximate surface area is 144 Å². The lowest BCUT2D eigenvalue weighted by molar-refractivity contribution is -0.115. The third kappa shape index (κ3) is 4.57. The van der Waals surface area contributed by atoms with E-state index >= 15 is 0 Å². The van der Waals surface area contributed by atoms with Crippen LogP contribution >= 0.6 is 11.3 Å². The van der Waals surface area contributed by atoms with E-state index in [2.05, 4.69) is 10.3 Å². The fraction of sp³-hybridized carbons (Fsp3) is 0.111. The van der Waals surface area contributed by atoms with Crippen molar-refractivity contribution in [3.8, 4) is 5.75 Å². The van der Waals surface area contributed by atoms with Crippen LogP contribution in [0.4, 0.5) is 10.8 Å². The molecule has 0 saturated carbocycles. The van der Waals surface area contributed by atoms with E-state index in [1.807, 2.05) is 54.6 Å². The number of rotatable bonds is 6. The fourth-order valence-electron chi connectivity index (χ4n) is 2.15. The Balaban J connectivity index is 1.51. The molecule has 3 aromatic rings. The Morgan fingerprint density at radius 2 is 1.88 bits per heavy atom. The molecule has 3 N–H and O–H groups in total. The molecule has 3 rings (SSSR count). The van der Waals surface area contributed by atoms with Crippen molar-refractivity contribution in [2.24, 2.45) is 0 Å². The summed E-state index contributed by atoms with van der Waals surface area (Å²) in [6.07, 6.45) is 0.208. The van der Waals surface area contributed by atoms with E-state index in [4.69, 9.17) is 10.5 Å². The van der Waals surface area contributed by atoms with Crippen LogP contribution < -0.4 is 15.8 Å².